The summed E-state index contributed by atoms with van der Waals surface area (Å²) in [4.78, 5) is 25.7. The summed E-state index contributed by atoms with van der Waals surface area (Å²) in [6.45, 7) is 8.31. The average molecular weight is 280 g/mol. The zero-order chi connectivity index (χ0) is 14.9. The third-order valence-corrected chi connectivity index (χ3v) is 4.79. The van der Waals surface area contributed by atoms with Crippen LogP contribution >= 0.6 is 0 Å². The van der Waals surface area contributed by atoms with Crippen LogP contribution in [0, 0.1) is 11.8 Å². The largest absolute Gasteiger partial charge is 0.302 e. The lowest BCUT2D eigenvalue weighted by Gasteiger charge is -2.36. The van der Waals surface area contributed by atoms with Gasteiger partial charge in [0.1, 0.15) is 0 Å². The van der Waals surface area contributed by atoms with Crippen molar-refractivity contribution in [2.45, 2.75) is 77.9 Å². The molecule has 3 unspecified atom stereocenters. The van der Waals surface area contributed by atoms with Gasteiger partial charge in [0.05, 0.1) is 12.5 Å². The van der Waals surface area contributed by atoms with Gasteiger partial charge >= 0.3 is 0 Å². The third-order valence-electron chi connectivity index (χ3n) is 4.79. The summed E-state index contributed by atoms with van der Waals surface area (Å²) in [5.41, 5.74) is 0. The number of rotatable bonds is 4. The molecule has 1 aliphatic carbocycles. The maximum absolute atomic E-state index is 12.4. The van der Waals surface area contributed by atoms with Crippen LogP contribution in [0.1, 0.15) is 59.8 Å². The zero-order valence-corrected chi connectivity index (χ0v) is 13.2. The van der Waals surface area contributed by atoms with Gasteiger partial charge < -0.3 is 5.32 Å². The molecule has 1 saturated carbocycles. The van der Waals surface area contributed by atoms with E-state index in [1.54, 1.807) is 0 Å². The average Bonchev–Trinajstić information content (AvgIpc) is 2.64. The lowest BCUT2D eigenvalue weighted by molar-refractivity contribution is -0.140. The SMILES string of the molecule is CC(C)C1CCCCC1NC1CC(=O)N(C(C)C)C1=O. The summed E-state index contributed by atoms with van der Waals surface area (Å²) < 4.78 is 0. The molecule has 4 nitrogen and oxygen atoms in total. The van der Waals surface area contributed by atoms with E-state index in [0.717, 1.165) is 6.42 Å². The summed E-state index contributed by atoms with van der Waals surface area (Å²) in [5, 5.41) is 3.50. The summed E-state index contributed by atoms with van der Waals surface area (Å²) in [5.74, 6) is 1.19. The summed E-state index contributed by atoms with van der Waals surface area (Å²) >= 11 is 0. The second-order valence-electron chi connectivity index (χ2n) is 6.92. The van der Waals surface area contributed by atoms with Crippen molar-refractivity contribution in [1.82, 2.24) is 10.2 Å². The van der Waals surface area contributed by atoms with Gasteiger partial charge in [0, 0.05) is 12.1 Å². The van der Waals surface area contributed by atoms with Crippen LogP contribution in [0.2, 0.25) is 0 Å². The Bertz CT molecular complexity index is 379. The quantitative estimate of drug-likeness (QED) is 0.804. The fourth-order valence-corrected chi connectivity index (χ4v) is 3.75. The van der Waals surface area contributed by atoms with Crippen LogP contribution < -0.4 is 5.32 Å². The van der Waals surface area contributed by atoms with Crippen LogP contribution in [-0.4, -0.2) is 34.8 Å². The Morgan fingerprint density at radius 1 is 1.10 bits per heavy atom. The minimum atomic E-state index is -0.297. The first-order valence-corrected chi connectivity index (χ1v) is 8.03. The molecule has 0 bridgehead atoms. The Labute approximate surface area is 122 Å². The van der Waals surface area contributed by atoms with Crippen molar-refractivity contribution in [2.24, 2.45) is 11.8 Å². The Morgan fingerprint density at radius 2 is 1.75 bits per heavy atom. The Balaban J connectivity index is 2.02. The van der Waals surface area contributed by atoms with Gasteiger partial charge in [-0.3, -0.25) is 14.5 Å². The van der Waals surface area contributed by atoms with Crippen LogP contribution in [0.3, 0.4) is 0 Å². The van der Waals surface area contributed by atoms with Gasteiger partial charge in [-0.15, -0.1) is 0 Å². The molecule has 1 N–H and O–H groups in total. The van der Waals surface area contributed by atoms with Gasteiger partial charge in [0.15, 0.2) is 0 Å². The van der Waals surface area contributed by atoms with Crippen molar-refractivity contribution in [1.29, 1.82) is 0 Å². The molecule has 0 radical (unpaired) electrons. The predicted molar refractivity (Wildman–Crippen MR) is 79.1 cm³/mol. The van der Waals surface area contributed by atoms with E-state index in [1.807, 2.05) is 13.8 Å². The molecule has 0 aromatic rings. The highest BCUT2D eigenvalue weighted by atomic mass is 16.2. The van der Waals surface area contributed by atoms with Gasteiger partial charge in [0.2, 0.25) is 11.8 Å². The van der Waals surface area contributed by atoms with Crippen LogP contribution in [0.5, 0.6) is 0 Å². The summed E-state index contributed by atoms with van der Waals surface area (Å²) in [6.07, 6.45) is 5.21. The van der Waals surface area contributed by atoms with E-state index in [0.29, 0.717) is 24.3 Å². The van der Waals surface area contributed by atoms with E-state index < -0.39 is 0 Å². The second kappa shape index (κ2) is 6.25. The number of nitrogens with zero attached hydrogens (tertiary/aromatic N) is 1. The van der Waals surface area contributed by atoms with Gasteiger partial charge in [-0.05, 0) is 38.5 Å². The topological polar surface area (TPSA) is 49.4 Å². The Hall–Kier alpha value is -0.900. The number of hydrogen-bond donors (Lipinski definition) is 1. The summed E-state index contributed by atoms with van der Waals surface area (Å²) in [7, 11) is 0. The number of carbonyl (C=O) groups is 2. The maximum Gasteiger partial charge on any atom is 0.247 e. The number of hydrogen-bond acceptors (Lipinski definition) is 3. The molecule has 0 aromatic heterocycles. The maximum atomic E-state index is 12.4. The van der Waals surface area contributed by atoms with Gasteiger partial charge in [-0.25, -0.2) is 0 Å². The van der Waals surface area contributed by atoms with Crippen LogP contribution in [-0.2, 0) is 9.59 Å². The van der Waals surface area contributed by atoms with Gasteiger partial charge in [-0.1, -0.05) is 26.7 Å². The zero-order valence-electron chi connectivity index (χ0n) is 13.2. The number of nitrogens with one attached hydrogen (secondary N) is 1. The lowest BCUT2D eigenvalue weighted by Crippen LogP contribution is -2.49. The van der Waals surface area contributed by atoms with Crippen molar-refractivity contribution in [3.63, 3.8) is 0 Å². The standard InChI is InChI=1S/C16H28N2O2/c1-10(2)12-7-5-6-8-13(12)17-14-9-15(19)18(11(3)4)16(14)20/h10-14,17H,5-9H2,1-4H3. The molecule has 1 heterocycles. The molecular formula is C16H28N2O2. The van der Waals surface area contributed by atoms with Crippen LogP contribution in [0.25, 0.3) is 0 Å². The highest BCUT2D eigenvalue weighted by Crippen LogP contribution is 2.31. The van der Waals surface area contributed by atoms with Gasteiger partial charge in [0.25, 0.3) is 0 Å². The molecule has 1 saturated heterocycles. The smallest absolute Gasteiger partial charge is 0.247 e. The van der Waals surface area contributed by atoms with E-state index in [4.69, 9.17) is 0 Å². The highest BCUT2D eigenvalue weighted by molar-refractivity contribution is 6.05. The molecule has 4 heteroatoms. The fourth-order valence-electron chi connectivity index (χ4n) is 3.75. The minimum Gasteiger partial charge on any atom is -0.302 e. The number of likely N-dealkylation sites (tertiary alicyclic amines) is 1. The summed E-state index contributed by atoms with van der Waals surface area (Å²) in [6, 6.07) is 0.0564. The van der Waals surface area contributed by atoms with Gasteiger partial charge in [-0.2, -0.15) is 0 Å². The third kappa shape index (κ3) is 3.05. The fraction of sp³-hybridized carbons (Fsp3) is 0.875. The predicted octanol–water partition coefficient (Wildman–Crippen LogP) is 2.33. The van der Waals surface area contributed by atoms with Crippen LogP contribution in [0.15, 0.2) is 0 Å². The Morgan fingerprint density at radius 3 is 2.30 bits per heavy atom. The van der Waals surface area contributed by atoms with E-state index >= 15 is 0 Å². The van der Waals surface area contributed by atoms with Crippen molar-refractivity contribution in [3.8, 4) is 0 Å². The molecule has 0 aromatic carbocycles. The molecule has 3 atom stereocenters. The first-order valence-electron chi connectivity index (χ1n) is 8.03. The molecule has 20 heavy (non-hydrogen) atoms. The van der Waals surface area contributed by atoms with Crippen LogP contribution in [0.4, 0.5) is 0 Å². The molecule has 2 rings (SSSR count). The number of imide groups is 1. The highest BCUT2D eigenvalue weighted by Gasteiger charge is 2.42. The molecule has 1 aliphatic heterocycles. The first kappa shape index (κ1) is 15.5. The van der Waals surface area contributed by atoms with E-state index in [9.17, 15) is 9.59 Å². The van der Waals surface area contributed by atoms with Crippen molar-refractivity contribution < 1.29 is 9.59 Å². The molecule has 114 valence electrons. The normalized spacial score (nSPS) is 31.7. The monoisotopic (exact) mass is 280 g/mol. The molecule has 0 spiro atoms. The minimum absolute atomic E-state index is 0.0283. The Kier molecular flexibility index (Phi) is 4.84. The molecular weight excluding hydrogens is 252 g/mol. The molecule has 2 aliphatic rings. The number of carbonyl (C=O) groups excluding carboxylic acids is 2. The number of amides is 2. The van der Waals surface area contributed by atoms with E-state index in [-0.39, 0.29) is 23.9 Å². The first-order chi connectivity index (χ1) is 9.41. The van der Waals surface area contributed by atoms with E-state index in [2.05, 4.69) is 19.2 Å². The van der Waals surface area contributed by atoms with Crippen molar-refractivity contribution in [3.05, 3.63) is 0 Å². The van der Waals surface area contributed by atoms with E-state index in [1.165, 1.54) is 24.2 Å². The van der Waals surface area contributed by atoms with Crippen molar-refractivity contribution in [2.75, 3.05) is 0 Å². The van der Waals surface area contributed by atoms with Crippen molar-refractivity contribution >= 4 is 11.8 Å². The molecule has 2 fully saturated rings. The second-order valence-corrected chi connectivity index (χ2v) is 6.92. The molecule has 2 amide bonds. The lowest BCUT2D eigenvalue weighted by atomic mass is 9.77.